The first-order chi connectivity index (χ1) is 8.38. The van der Waals surface area contributed by atoms with Crippen molar-refractivity contribution in [1.82, 2.24) is 14.9 Å². The minimum Gasteiger partial charge on any atom is -0.334 e. The minimum atomic E-state index is 0.898. The maximum absolute atomic E-state index is 4.38. The zero-order valence-electron chi connectivity index (χ0n) is 11.1. The molecule has 0 fully saturated rings. The second kappa shape index (κ2) is 9.54. The highest BCUT2D eigenvalue weighted by molar-refractivity contribution is 7.98. The Morgan fingerprint density at radius 3 is 3.00 bits per heavy atom. The number of aryl methyl sites for hydroxylation is 1. The Hall–Kier alpha value is -0.480. The monoisotopic (exact) mass is 255 g/mol. The third-order valence-corrected chi connectivity index (χ3v) is 3.45. The molecule has 0 saturated carbocycles. The molecule has 1 aromatic rings. The molecular formula is C13H25N3S. The van der Waals surface area contributed by atoms with Gasteiger partial charge in [0.25, 0.3) is 0 Å². The molecule has 17 heavy (non-hydrogen) atoms. The molecule has 0 radical (unpaired) electrons. The quantitative estimate of drug-likeness (QED) is 0.652. The Kier molecular flexibility index (Phi) is 8.18. The molecule has 98 valence electrons. The first-order valence-corrected chi connectivity index (χ1v) is 7.97. The molecule has 0 amide bonds. The van der Waals surface area contributed by atoms with E-state index in [9.17, 15) is 0 Å². The fourth-order valence-electron chi connectivity index (χ4n) is 1.83. The first kappa shape index (κ1) is 14.6. The van der Waals surface area contributed by atoms with E-state index in [0.29, 0.717) is 0 Å². The first-order valence-electron chi connectivity index (χ1n) is 6.58. The van der Waals surface area contributed by atoms with Crippen LogP contribution in [0.3, 0.4) is 0 Å². The Morgan fingerprint density at radius 1 is 1.35 bits per heavy atom. The molecule has 3 nitrogen and oxygen atoms in total. The molecule has 0 aliphatic rings. The fourth-order valence-corrected chi connectivity index (χ4v) is 2.32. The number of nitrogens with zero attached hydrogens (tertiary/aromatic N) is 2. The second-order valence-electron chi connectivity index (χ2n) is 4.27. The maximum Gasteiger partial charge on any atom is 0.122 e. The summed E-state index contributed by atoms with van der Waals surface area (Å²) in [7, 11) is 0. The molecular weight excluding hydrogens is 230 g/mol. The number of nitrogens with one attached hydrogen (secondary N) is 1. The summed E-state index contributed by atoms with van der Waals surface area (Å²) in [6.45, 7) is 5.27. The summed E-state index contributed by atoms with van der Waals surface area (Å²) in [5, 5.41) is 3.47. The van der Waals surface area contributed by atoms with Crippen LogP contribution in [0.25, 0.3) is 0 Å². The molecule has 0 aliphatic heterocycles. The van der Waals surface area contributed by atoms with E-state index in [1.807, 2.05) is 18.0 Å². The Bertz CT molecular complexity index is 286. The van der Waals surface area contributed by atoms with Crippen molar-refractivity contribution < 1.29 is 0 Å². The molecule has 0 saturated heterocycles. The van der Waals surface area contributed by atoms with E-state index in [2.05, 4.69) is 34.2 Å². The van der Waals surface area contributed by atoms with Gasteiger partial charge in [-0.05, 0) is 37.8 Å². The van der Waals surface area contributed by atoms with Crippen LogP contribution in [-0.4, -0.2) is 28.1 Å². The number of hydrogen-bond acceptors (Lipinski definition) is 3. The largest absolute Gasteiger partial charge is 0.334 e. The van der Waals surface area contributed by atoms with Crippen molar-refractivity contribution in [2.75, 3.05) is 18.6 Å². The Labute approximate surface area is 109 Å². The van der Waals surface area contributed by atoms with Crippen LogP contribution in [-0.2, 0) is 13.1 Å². The highest BCUT2D eigenvalue weighted by Gasteiger charge is 2.00. The molecule has 0 unspecified atom stereocenters. The lowest BCUT2D eigenvalue weighted by molar-refractivity contribution is 0.568. The summed E-state index contributed by atoms with van der Waals surface area (Å²) in [5.74, 6) is 2.46. The molecule has 1 N–H and O–H groups in total. The number of imidazole rings is 1. The third kappa shape index (κ3) is 6.13. The van der Waals surface area contributed by atoms with E-state index >= 15 is 0 Å². The minimum absolute atomic E-state index is 0.898. The SMILES string of the molecule is CCCn1ccnc1CNCCCCCSC. The molecule has 0 bridgehead atoms. The molecule has 1 rings (SSSR count). The molecule has 0 spiro atoms. The van der Waals surface area contributed by atoms with Gasteiger partial charge in [-0.3, -0.25) is 0 Å². The van der Waals surface area contributed by atoms with E-state index < -0.39 is 0 Å². The lowest BCUT2D eigenvalue weighted by atomic mass is 10.2. The highest BCUT2D eigenvalue weighted by atomic mass is 32.2. The van der Waals surface area contributed by atoms with Crippen molar-refractivity contribution in [2.45, 2.75) is 45.7 Å². The van der Waals surface area contributed by atoms with Crippen LogP contribution in [0.4, 0.5) is 0 Å². The molecule has 0 atom stereocenters. The van der Waals surface area contributed by atoms with Crippen LogP contribution in [0.1, 0.15) is 38.4 Å². The lowest BCUT2D eigenvalue weighted by Gasteiger charge is -2.07. The lowest BCUT2D eigenvalue weighted by Crippen LogP contribution is -2.18. The van der Waals surface area contributed by atoms with E-state index in [1.54, 1.807) is 0 Å². The van der Waals surface area contributed by atoms with Gasteiger partial charge in [0, 0.05) is 18.9 Å². The summed E-state index contributed by atoms with van der Waals surface area (Å²) in [5.41, 5.74) is 0. The van der Waals surface area contributed by atoms with Gasteiger partial charge < -0.3 is 9.88 Å². The number of aromatic nitrogens is 2. The normalized spacial score (nSPS) is 10.9. The molecule has 1 aromatic heterocycles. The molecule has 0 aliphatic carbocycles. The summed E-state index contributed by atoms with van der Waals surface area (Å²) in [4.78, 5) is 4.38. The maximum atomic E-state index is 4.38. The van der Waals surface area contributed by atoms with Crippen LogP contribution in [0, 0.1) is 0 Å². The van der Waals surface area contributed by atoms with Gasteiger partial charge in [-0.1, -0.05) is 13.3 Å². The predicted molar refractivity (Wildman–Crippen MR) is 76.5 cm³/mol. The van der Waals surface area contributed by atoms with Crippen molar-refractivity contribution in [3.63, 3.8) is 0 Å². The summed E-state index contributed by atoms with van der Waals surface area (Å²) < 4.78 is 2.24. The fraction of sp³-hybridized carbons (Fsp3) is 0.769. The summed E-state index contributed by atoms with van der Waals surface area (Å²) >= 11 is 1.94. The number of rotatable bonds is 10. The average molecular weight is 255 g/mol. The van der Waals surface area contributed by atoms with Crippen LogP contribution in [0.2, 0.25) is 0 Å². The second-order valence-corrected chi connectivity index (χ2v) is 5.25. The topological polar surface area (TPSA) is 29.9 Å². The van der Waals surface area contributed by atoms with Gasteiger partial charge in [-0.15, -0.1) is 0 Å². The zero-order chi connectivity index (χ0) is 12.3. The van der Waals surface area contributed by atoms with Gasteiger partial charge in [0.1, 0.15) is 5.82 Å². The van der Waals surface area contributed by atoms with Gasteiger partial charge in [-0.2, -0.15) is 11.8 Å². The number of unbranched alkanes of at least 4 members (excludes halogenated alkanes) is 2. The van der Waals surface area contributed by atoms with Crippen molar-refractivity contribution >= 4 is 11.8 Å². The van der Waals surface area contributed by atoms with Crippen molar-refractivity contribution in [1.29, 1.82) is 0 Å². The van der Waals surface area contributed by atoms with Gasteiger partial charge in [0.05, 0.1) is 6.54 Å². The zero-order valence-corrected chi connectivity index (χ0v) is 11.9. The van der Waals surface area contributed by atoms with E-state index in [0.717, 1.165) is 31.9 Å². The Balaban J connectivity index is 2.07. The van der Waals surface area contributed by atoms with E-state index in [1.165, 1.54) is 25.0 Å². The van der Waals surface area contributed by atoms with Crippen LogP contribution < -0.4 is 5.32 Å². The van der Waals surface area contributed by atoms with Crippen molar-refractivity contribution in [2.24, 2.45) is 0 Å². The van der Waals surface area contributed by atoms with E-state index in [-0.39, 0.29) is 0 Å². The van der Waals surface area contributed by atoms with Crippen molar-refractivity contribution in [3.05, 3.63) is 18.2 Å². The van der Waals surface area contributed by atoms with Crippen molar-refractivity contribution in [3.8, 4) is 0 Å². The van der Waals surface area contributed by atoms with Gasteiger partial charge in [0.2, 0.25) is 0 Å². The average Bonchev–Trinajstić information content (AvgIpc) is 2.76. The van der Waals surface area contributed by atoms with Gasteiger partial charge >= 0.3 is 0 Å². The Morgan fingerprint density at radius 2 is 2.24 bits per heavy atom. The molecule has 4 heteroatoms. The highest BCUT2D eigenvalue weighted by Crippen LogP contribution is 2.02. The number of hydrogen-bond donors (Lipinski definition) is 1. The predicted octanol–water partition coefficient (Wildman–Crippen LogP) is 2.92. The van der Waals surface area contributed by atoms with Gasteiger partial charge in [0.15, 0.2) is 0 Å². The third-order valence-electron chi connectivity index (χ3n) is 2.75. The standard InChI is InChI=1S/C13H25N3S/c1-3-9-16-10-8-15-13(16)12-14-7-5-4-6-11-17-2/h8,10,14H,3-7,9,11-12H2,1-2H3. The van der Waals surface area contributed by atoms with Gasteiger partial charge in [-0.25, -0.2) is 4.98 Å². The summed E-state index contributed by atoms with van der Waals surface area (Å²) in [6, 6.07) is 0. The molecule has 1 heterocycles. The van der Waals surface area contributed by atoms with Crippen LogP contribution >= 0.6 is 11.8 Å². The van der Waals surface area contributed by atoms with Crippen LogP contribution in [0.15, 0.2) is 12.4 Å². The smallest absolute Gasteiger partial charge is 0.122 e. The summed E-state index contributed by atoms with van der Waals surface area (Å²) in [6.07, 6.45) is 11.2. The molecule has 0 aromatic carbocycles. The van der Waals surface area contributed by atoms with E-state index in [4.69, 9.17) is 0 Å². The van der Waals surface area contributed by atoms with Crippen LogP contribution in [0.5, 0.6) is 0 Å². The number of thioether (sulfide) groups is 1.